The number of carbonyl (C=O) groups is 1. The van der Waals surface area contributed by atoms with Gasteiger partial charge < -0.3 is 20.8 Å². The molecule has 0 fully saturated rings. The minimum absolute atomic E-state index is 0.318. The lowest BCUT2D eigenvalue weighted by atomic mass is 10.1. The molecular formula is C21H16F3N5O. The smallest absolute Gasteiger partial charge is 0.382 e. The molecule has 4 aromatic rings. The molecular weight excluding hydrogens is 395 g/mol. The number of anilines is 3. The maximum absolute atomic E-state index is 13.1. The quantitative estimate of drug-likeness (QED) is 0.431. The Bertz CT molecular complexity index is 1220. The lowest BCUT2D eigenvalue weighted by Gasteiger charge is -2.14. The van der Waals surface area contributed by atoms with Crippen molar-refractivity contribution in [2.24, 2.45) is 0 Å². The molecule has 2 aromatic heterocycles. The molecule has 6 nitrogen and oxygen atoms in total. The summed E-state index contributed by atoms with van der Waals surface area (Å²) in [5, 5.41) is 4.77. The van der Waals surface area contributed by atoms with E-state index in [0.717, 1.165) is 22.7 Å². The predicted octanol–water partition coefficient (Wildman–Crippen LogP) is 5.25. The highest BCUT2D eigenvalue weighted by Crippen LogP contribution is 2.34. The maximum Gasteiger partial charge on any atom is 0.418 e. The predicted molar refractivity (Wildman–Crippen MR) is 109 cm³/mol. The number of urea groups is 1. The van der Waals surface area contributed by atoms with Crippen LogP contribution in [0.1, 0.15) is 5.56 Å². The second-order valence-electron chi connectivity index (χ2n) is 6.51. The number of fused-ring (bicyclic) bond motifs is 1. The number of rotatable bonds is 3. The van der Waals surface area contributed by atoms with E-state index in [1.807, 2.05) is 22.7 Å². The minimum Gasteiger partial charge on any atom is -0.382 e. The highest BCUT2D eigenvalue weighted by molar-refractivity contribution is 6.00. The van der Waals surface area contributed by atoms with Crippen molar-refractivity contribution in [3.8, 4) is 11.1 Å². The monoisotopic (exact) mass is 411 g/mol. The number of halogens is 3. The molecule has 2 heterocycles. The number of benzene rings is 2. The molecule has 9 heteroatoms. The minimum atomic E-state index is -4.57. The summed E-state index contributed by atoms with van der Waals surface area (Å²) in [4.78, 5) is 16.3. The number of aromatic nitrogens is 2. The number of hydrogen-bond acceptors (Lipinski definition) is 3. The molecule has 0 aliphatic carbocycles. The molecule has 2 amide bonds. The van der Waals surface area contributed by atoms with Gasteiger partial charge in [0, 0.05) is 17.4 Å². The van der Waals surface area contributed by atoms with Crippen LogP contribution in [0.25, 0.3) is 16.6 Å². The number of carbonyl (C=O) groups excluding carboxylic acids is 1. The molecule has 0 bridgehead atoms. The summed E-state index contributed by atoms with van der Waals surface area (Å²) in [6.45, 7) is 0. The number of hydrogen-bond donors (Lipinski definition) is 3. The van der Waals surface area contributed by atoms with Gasteiger partial charge in [0.2, 0.25) is 0 Å². The first-order chi connectivity index (χ1) is 14.3. The molecule has 152 valence electrons. The van der Waals surface area contributed by atoms with Crippen LogP contribution >= 0.6 is 0 Å². The summed E-state index contributed by atoms with van der Waals surface area (Å²) < 4.78 is 41.0. The fourth-order valence-electron chi connectivity index (χ4n) is 3.17. The number of para-hydroxylation sites is 1. The first-order valence-electron chi connectivity index (χ1n) is 8.89. The molecule has 2 aromatic carbocycles. The van der Waals surface area contributed by atoms with Crippen LogP contribution in [0.5, 0.6) is 0 Å². The van der Waals surface area contributed by atoms with Crippen LogP contribution in [-0.2, 0) is 6.18 Å². The van der Waals surface area contributed by atoms with Gasteiger partial charge in [0.1, 0.15) is 12.1 Å². The standard InChI is InChI=1S/C21H16F3N5O/c22-21(23,24)16-5-1-2-6-17(16)28-20(30)27-14-9-7-13(8-10-14)15-4-3-11-29-12-26-19(25)18(15)29/h1-12H,25H2,(H2,27,28,30). The van der Waals surface area contributed by atoms with Crippen molar-refractivity contribution in [2.45, 2.75) is 6.18 Å². The third-order valence-corrected chi connectivity index (χ3v) is 4.52. The summed E-state index contributed by atoms with van der Waals surface area (Å²) in [5.74, 6) is 0.399. The Kier molecular flexibility index (Phi) is 4.78. The summed E-state index contributed by atoms with van der Waals surface area (Å²) >= 11 is 0. The molecule has 0 radical (unpaired) electrons. The zero-order chi connectivity index (χ0) is 21.3. The third-order valence-electron chi connectivity index (χ3n) is 4.52. The van der Waals surface area contributed by atoms with Crippen LogP contribution in [0.2, 0.25) is 0 Å². The molecule has 30 heavy (non-hydrogen) atoms. The average molecular weight is 411 g/mol. The maximum atomic E-state index is 13.1. The molecule has 4 N–H and O–H groups in total. The second kappa shape index (κ2) is 7.43. The van der Waals surface area contributed by atoms with Gasteiger partial charge in [-0.1, -0.05) is 30.3 Å². The second-order valence-corrected chi connectivity index (χ2v) is 6.51. The molecule has 0 aliphatic rings. The van der Waals surface area contributed by atoms with Crippen LogP contribution in [0.15, 0.2) is 73.2 Å². The van der Waals surface area contributed by atoms with Crippen molar-refractivity contribution in [3.63, 3.8) is 0 Å². The molecule has 0 aliphatic heterocycles. The highest BCUT2D eigenvalue weighted by atomic mass is 19.4. The number of amides is 2. The van der Waals surface area contributed by atoms with Gasteiger partial charge in [0.15, 0.2) is 0 Å². The van der Waals surface area contributed by atoms with E-state index < -0.39 is 17.8 Å². The average Bonchev–Trinajstić information content (AvgIpc) is 3.09. The van der Waals surface area contributed by atoms with E-state index in [-0.39, 0.29) is 5.69 Å². The normalized spacial score (nSPS) is 11.4. The SMILES string of the molecule is Nc1ncn2cccc(-c3ccc(NC(=O)Nc4ccccc4C(F)(F)F)cc3)c12. The van der Waals surface area contributed by atoms with Gasteiger partial charge in [-0.2, -0.15) is 13.2 Å². The van der Waals surface area contributed by atoms with Gasteiger partial charge in [-0.15, -0.1) is 0 Å². The number of nitrogens with two attached hydrogens (primary N) is 1. The molecule has 0 saturated carbocycles. The fraction of sp³-hybridized carbons (Fsp3) is 0.0476. The van der Waals surface area contributed by atoms with E-state index in [0.29, 0.717) is 11.5 Å². The fourth-order valence-corrected chi connectivity index (χ4v) is 3.17. The largest absolute Gasteiger partial charge is 0.418 e. The van der Waals surface area contributed by atoms with Gasteiger partial charge >= 0.3 is 12.2 Å². The van der Waals surface area contributed by atoms with Crippen LogP contribution in [0, 0.1) is 0 Å². The number of pyridine rings is 1. The molecule has 4 rings (SSSR count). The summed E-state index contributed by atoms with van der Waals surface area (Å²) in [6.07, 6.45) is -1.11. The topological polar surface area (TPSA) is 84.4 Å². The summed E-state index contributed by atoms with van der Waals surface area (Å²) in [6, 6.07) is 14.6. The summed E-state index contributed by atoms with van der Waals surface area (Å²) in [7, 11) is 0. The third kappa shape index (κ3) is 3.77. The molecule has 0 atom stereocenters. The van der Waals surface area contributed by atoms with E-state index in [9.17, 15) is 18.0 Å². The Morgan fingerprint density at radius 1 is 0.967 bits per heavy atom. The number of alkyl halides is 3. The number of nitrogens with one attached hydrogen (secondary N) is 2. The number of nitrogens with zero attached hydrogens (tertiary/aromatic N) is 2. The zero-order valence-electron chi connectivity index (χ0n) is 15.4. The van der Waals surface area contributed by atoms with Crippen molar-refractivity contribution >= 4 is 28.7 Å². The lowest BCUT2D eigenvalue weighted by molar-refractivity contribution is -0.136. The van der Waals surface area contributed by atoms with E-state index in [1.54, 1.807) is 30.6 Å². The van der Waals surface area contributed by atoms with Crippen molar-refractivity contribution in [1.29, 1.82) is 0 Å². The van der Waals surface area contributed by atoms with E-state index in [1.165, 1.54) is 18.2 Å². The van der Waals surface area contributed by atoms with Gasteiger partial charge in [-0.05, 0) is 35.9 Å². The van der Waals surface area contributed by atoms with Gasteiger partial charge in [0.25, 0.3) is 0 Å². The molecule has 0 unspecified atom stereocenters. The van der Waals surface area contributed by atoms with Crippen LogP contribution in [0.4, 0.5) is 35.2 Å². The molecule has 0 saturated heterocycles. The summed E-state index contributed by atoms with van der Waals surface area (Å²) in [5.41, 5.74) is 7.62. The Morgan fingerprint density at radius 3 is 2.43 bits per heavy atom. The van der Waals surface area contributed by atoms with E-state index in [2.05, 4.69) is 15.6 Å². The van der Waals surface area contributed by atoms with E-state index >= 15 is 0 Å². The van der Waals surface area contributed by atoms with Crippen molar-refractivity contribution in [1.82, 2.24) is 9.38 Å². The Hall–Kier alpha value is -4.01. The first kappa shape index (κ1) is 19.3. The Balaban J connectivity index is 1.52. The van der Waals surface area contributed by atoms with Gasteiger partial charge in [0.05, 0.1) is 16.8 Å². The van der Waals surface area contributed by atoms with Gasteiger partial charge in [-0.25, -0.2) is 9.78 Å². The van der Waals surface area contributed by atoms with Crippen LogP contribution in [0.3, 0.4) is 0 Å². The Labute approximate surface area is 169 Å². The van der Waals surface area contributed by atoms with Crippen LogP contribution in [-0.4, -0.2) is 15.4 Å². The van der Waals surface area contributed by atoms with Crippen molar-refractivity contribution < 1.29 is 18.0 Å². The lowest BCUT2D eigenvalue weighted by Crippen LogP contribution is -2.21. The van der Waals surface area contributed by atoms with Crippen LogP contribution < -0.4 is 16.4 Å². The number of imidazole rings is 1. The van der Waals surface area contributed by atoms with Gasteiger partial charge in [-0.3, -0.25) is 0 Å². The highest BCUT2D eigenvalue weighted by Gasteiger charge is 2.33. The van der Waals surface area contributed by atoms with E-state index in [4.69, 9.17) is 5.73 Å². The Morgan fingerprint density at radius 2 is 1.70 bits per heavy atom. The van der Waals surface area contributed by atoms with Crippen molar-refractivity contribution in [3.05, 3.63) is 78.8 Å². The number of nitrogen functional groups attached to an aromatic ring is 1. The van der Waals surface area contributed by atoms with Crippen molar-refractivity contribution in [2.75, 3.05) is 16.4 Å². The molecule has 0 spiro atoms. The zero-order valence-corrected chi connectivity index (χ0v) is 15.4. The first-order valence-corrected chi connectivity index (χ1v) is 8.89.